The summed E-state index contributed by atoms with van der Waals surface area (Å²) in [5.74, 6) is 0.0805. The van der Waals surface area contributed by atoms with Crippen molar-refractivity contribution in [2.45, 2.75) is 97.3 Å². The summed E-state index contributed by atoms with van der Waals surface area (Å²) in [5, 5.41) is 5.67. The van der Waals surface area contributed by atoms with Crippen LogP contribution >= 0.6 is 11.3 Å². The molecule has 160 valence electrons. The molecule has 0 fully saturated rings. The molecule has 1 aromatic carbocycles. The van der Waals surface area contributed by atoms with Crippen LogP contribution < -0.4 is 5.32 Å². The Morgan fingerprint density at radius 3 is 2.10 bits per heavy atom. The smallest absolute Gasteiger partial charge is 0.226 e. The maximum atomic E-state index is 12.2. The third-order valence-corrected chi connectivity index (χ3v) is 6.06. The SMILES string of the molecule is CCCCCCCCCCCC(=O)Nc1nc(-c2ccc(C(C)(C)C)cc2)cs1. The van der Waals surface area contributed by atoms with Gasteiger partial charge in [-0.05, 0) is 17.4 Å². The zero-order valence-corrected chi connectivity index (χ0v) is 19.5. The van der Waals surface area contributed by atoms with Crippen molar-refractivity contribution in [2.24, 2.45) is 0 Å². The molecule has 0 atom stereocenters. The molecule has 3 nitrogen and oxygen atoms in total. The Morgan fingerprint density at radius 1 is 0.931 bits per heavy atom. The van der Waals surface area contributed by atoms with Crippen LogP contribution in [0.3, 0.4) is 0 Å². The van der Waals surface area contributed by atoms with E-state index >= 15 is 0 Å². The number of amides is 1. The van der Waals surface area contributed by atoms with E-state index in [1.54, 1.807) is 0 Å². The number of nitrogens with zero attached hydrogens (tertiary/aromatic N) is 1. The van der Waals surface area contributed by atoms with Gasteiger partial charge < -0.3 is 5.32 Å². The van der Waals surface area contributed by atoms with Crippen molar-refractivity contribution < 1.29 is 4.79 Å². The first-order chi connectivity index (χ1) is 13.9. The number of hydrogen-bond acceptors (Lipinski definition) is 3. The van der Waals surface area contributed by atoms with Crippen molar-refractivity contribution in [1.82, 2.24) is 4.98 Å². The molecule has 29 heavy (non-hydrogen) atoms. The highest BCUT2D eigenvalue weighted by Gasteiger charge is 2.14. The second-order valence-corrected chi connectivity index (χ2v) is 9.85. The van der Waals surface area contributed by atoms with Gasteiger partial charge in [0.15, 0.2) is 5.13 Å². The van der Waals surface area contributed by atoms with E-state index in [0.29, 0.717) is 11.6 Å². The van der Waals surface area contributed by atoms with Crippen LogP contribution in [0.1, 0.15) is 97.5 Å². The van der Waals surface area contributed by atoms with Gasteiger partial charge in [0.2, 0.25) is 5.91 Å². The van der Waals surface area contributed by atoms with E-state index in [9.17, 15) is 4.79 Å². The number of anilines is 1. The first-order valence-corrected chi connectivity index (χ1v) is 12.1. The molecule has 4 heteroatoms. The lowest BCUT2D eigenvalue weighted by Gasteiger charge is -2.18. The Balaban J connectivity index is 1.68. The molecule has 1 heterocycles. The summed E-state index contributed by atoms with van der Waals surface area (Å²) < 4.78 is 0. The van der Waals surface area contributed by atoms with Crippen LogP contribution in [0, 0.1) is 0 Å². The highest BCUT2D eigenvalue weighted by Crippen LogP contribution is 2.28. The molecule has 0 bridgehead atoms. The fourth-order valence-corrected chi connectivity index (χ4v) is 4.12. The van der Waals surface area contributed by atoms with Gasteiger partial charge in [0.05, 0.1) is 5.69 Å². The van der Waals surface area contributed by atoms with Crippen molar-refractivity contribution in [2.75, 3.05) is 5.32 Å². The molecule has 0 aliphatic carbocycles. The lowest BCUT2D eigenvalue weighted by molar-refractivity contribution is -0.116. The van der Waals surface area contributed by atoms with Crippen LogP contribution in [0.25, 0.3) is 11.3 Å². The normalized spacial score (nSPS) is 11.6. The molecule has 0 saturated carbocycles. The molecule has 1 amide bonds. The minimum atomic E-state index is 0.0805. The van der Waals surface area contributed by atoms with Crippen molar-refractivity contribution in [3.63, 3.8) is 0 Å². The monoisotopic (exact) mass is 414 g/mol. The number of thiazole rings is 1. The van der Waals surface area contributed by atoms with E-state index in [-0.39, 0.29) is 11.3 Å². The molecule has 0 saturated heterocycles. The van der Waals surface area contributed by atoms with E-state index < -0.39 is 0 Å². The average molecular weight is 415 g/mol. The highest BCUT2D eigenvalue weighted by atomic mass is 32.1. The first-order valence-electron chi connectivity index (χ1n) is 11.3. The fourth-order valence-electron chi connectivity index (χ4n) is 3.38. The molecule has 0 aliphatic rings. The summed E-state index contributed by atoms with van der Waals surface area (Å²) in [6, 6.07) is 8.56. The van der Waals surface area contributed by atoms with Gasteiger partial charge in [-0.2, -0.15) is 0 Å². The first kappa shape index (κ1) is 23.6. The minimum absolute atomic E-state index is 0.0805. The van der Waals surface area contributed by atoms with Gasteiger partial charge >= 0.3 is 0 Å². The Kier molecular flexibility index (Phi) is 9.86. The lowest BCUT2D eigenvalue weighted by Crippen LogP contribution is -2.11. The van der Waals surface area contributed by atoms with Crippen molar-refractivity contribution in [1.29, 1.82) is 0 Å². The van der Waals surface area contributed by atoms with Gasteiger partial charge in [-0.25, -0.2) is 4.98 Å². The number of aromatic nitrogens is 1. The Morgan fingerprint density at radius 2 is 1.52 bits per heavy atom. The second kappa shape index (κ2) is 12.1. The highest BCUT2D eigenvalue weighted by molar-refractivity contribution is 7.14. The van der Waals surface area contributed by atoms with E-state index in [4.69, 9.17) is 0 Å². The molecule has 1 N–H and O–H groups in total. The van der Waals surface area contributed by atoms with E-state index in [0.717, 1.165) is 24.1 Å². The largest absolute Gasteiger partial charge is 0.302 e. The molecule has 2 aromatic rings. The van der Waals surface area contributed by atoms with Crippen LogP contribution in [0.5, 0.6) is 0 Å². The van der Waals surface area contributed by atoms with Crippen LogP contribution in [-0.4, -0.2) is 10.9 Å². The summed E-state index contributed by atoms with van der Waals surface area (Å²) in [6.45, 7) is 8.89. The number of nitrogens with one attached hydrogen (secondary N) is 1. The standard InChI is InChI=1S/C25H38N2OS/c1-5-6-7-8-9-10-11-12-13-14-23(28)27-24-26-22(19-29-24)20-15-17-21(18-16-20)25(2,3)4/h15-19H,5-14H2,1-4H3,(H,26,27,28). The van der Waals surface area contributed by atoms with Crippen LogP contribution in [0.2, 0.25) is 0 Å². The minimum Gasteiger partial charge on any atom is -0.302 e. The summed E-state index contributed by atoms with van der Waals surface area (Å²) in [5.41, 5.74) is 3.47. The van der Waals surface area contributed by atoms with Gasteiger partial charge in [-0.3, -0.25) is 4.79 Å². The van der Waals surface area contributed by atoms with Crippen molar-refractivity contribution >= 4 is 22.4 Å². The van der Waals surface area contributed by atoms with Crippen LogP contribution in [0.4, 0.5) is 5.13 Å². The van der Waals surface area contributed by atoms with Crippen molar-refractivity contribution in [3.05, 3.63) is 35.2 Å². The summed E-state index contributed by atoms with van der Waals surface area (Å²) in [7, 11) is 0. The van der Waals surface area contributed by atoms with Gasteiger partial charge in [-0.1, -0.05) is 103 Å². The Bertz CT molecular complexity index is 728. The number of carbonyl (C=O) groups excluding carboxylic acids is 1. The Labute approximate surface area is 181 Å². The van der Waals surface area contributed by atoms with Gasteiger partial charge in [0, 0.05) is 17.4 Å². The lowest BCUT2D eigenvalue weighted by atomic mass is 9.86. The topological polar surface area (TPSA) is 42.0 Å². The number of carbonyl (C=O) groups is 1. The average Bonchev–Trinajstić information content (AvgIpc) is 3.14. The second-order valence-electron chi connectivity index (χ2n) is 8.99. The number of hydrogen-bond donors (Lipinski definition) is 1. The van der Waals surface area contributed by atoms with Crippen molar-refractivity contribution in [3.8, 4) is 11.3 Å². The fraction of sp³-hybridized carbons (Fsp3) is 0.600. The molecule has 2 rings (SSSR count). The summed E-state index contributed by atoms with van der Waals surface area (Å²) in [6.07, 6.45) is 12.0. The van der Waals surface area contributed by atoms with Crippen LogP contribution in [-0.2, 0) is 10.2 Å². The third kappa shape index (κ3) is 8.69. The number of rotatable bonds is 12. The Hall–Kier alpha value is -1.68. The number of unbranched alkanes of at least 4 members (excludes halogenated alkanes) is 8. The van der Waals surface area contributed by atoms with Gasteiger partial charge in [0.25, 0.3) is 0 Å². The predicted octanol–water partition coefficient (Wildman–Crippen LogP) is 7.97. The molecule has 0 unspecified atom stereocenters. The molecule has 0 aliphatic heterocycles. The van der Waals surface area contributed by atoms with Gasteiger partial charge in [0.1, 0.15) is 0 Å². The maximum absolute atomic E-state index is 12.2. The van der Waals surface area contributed by atoms with Gasteiger partial charge in [-0.15, -0.1) is 11.3 Å². The molecular weight excluding hydrogens is 376 g/mol. The summed E-state index contributed by atoms with van der Waals surface area (Å²) >= 11 is 1.50. The molecule has 1 aromatic heterocycles. The molecule has 0 radical (unpaired) electrons. The van der Waals surface area contributed by atoms with E-state index in [1.807, 2.05) is 5.38 Å². The maximum Gasteiger partial charge on any atom is 0.226 e. The predicted molar refractivity (Wildman–Crippen MR) is 127 cm³/mol. The van der Waals surface area contributed by atoms with E-state index in [1.165, 1.54) is 61.8 Å². The molecular formula is C25H38N2OS. The third-order valence-electron chi connectivity index (χ3n) is 5.30. The number of benzene rings is 1. The van der Waals surface area contributed by atoms with Crippen LogP contribution in [0.15, 0.2) is 29.6 Å². The van der Waals surface area contributed by atoms with E-state index in [2.05, 4.69) is 62.3 Å². The molecule has 0 spiro atoms. The zero-order chi connectivity index (χ0) is 21.1. The summed E-state index contributed by atoms with van der Waals surface area (Å²) in [4.78, 5) is 16.8. The zero-order valence-electron chi connectivity index (χ0n) is 18.7. The quantitative estimate of drug-likeness (QED) is 0.358.